The number of hydrogen-bond donors (Lipinski definition) is 1. The van der Waals surface area contributed by atoms with Gasteiger partial charge in [0.1, 0.15) is 0 Å². The van der Waals surface area contributed by atoms with Crippen LogP contribution in [0.2, 0.25) is 0 Å². The fourth-order valence-corrected chi connectivity index (χ4v) is 4.07. The molecule has 0 saturated heterocycles. The van der Waals surface area contributed by atoms with Gasteiger partial charge in [-0.3, -0.25) is 4.99 Å². The van der Waals surface area contributed by atoms with Gasteiger partial charge < -0.3 is 9.84 Å². The number of methoxy groups -OCH3 is 1. The van der Waals surface area contributed by atoms with Crippen LogP contribution in [0.4, 0.5) is 0 Å². The Morgan fingerprint density at radius 1 is 1.00 bits per heavy atom. The first-order chi connectivity index (χ1) is 15.7. The zero-order chi connectivity index (χ0) is 22.3. The van der Waals surface area contributed by atoms with Crippen LogP contribution >= 0.6 is 11.3 Å². The van der Waals surface area contributed by atoms with Gasteiger partial charge in [0.2, 0.25) is 4.80 Å². The van der Waals surface area contributed by atoms with Crippen LogP contribution in [-0.2, 0) is 0 Å². The SMILES string of the molecule is C=CCN=c1scc(-c2ccc(-c3ccccc3)cc2)n1N=Cc1ccc(O)c(OC)c1. The third-order valence-electron chi connectivity index (χ3n) is 4.85. The summed E-state index contributed by atoms with van der Waals surface area (Å²) in [5.74, 6) is 0.492. The molecule has 0 spiro atoms. The summed E-state index contributed by atoms with van der Waals surface area (Å²) in [6.07, 6.45) is 3.48. The molecule has 1 heterocycles. The van der Waals surface area contributed by atoms with E-state index in [4.69, 9.17) is 4.74 Å². The predicted molar refractivity (Wildman–Crippen MR) is 131 cm³/mol. The van der Waals surface area contributed by atoms with Crippen LogP contribution in [0.25, 0.3) is 22.4 Å². The van der Waals surface area contributed by atoms with Crippen LogP contribution in [0.5, 0.6) is 11.5 Å². The molecule has 0 unspecified atom stereocenters. The average Bonchev–Trinajstić information content (AvgIpc) is 3.25. The number of aromatic nitrogens is 1. The lowest BCUT2D eigenvalue weighted by molar-refractivity contribution is 0.373. The maximum atomic E-state index is 9.83. The summed E-state index contributed by atoms with van der Waals surface area (Å²) in [7, 11) is 1.52. The highest BCUT2D eigenvalue weighted by Gasteiger charge is 2.08. The van der Waals surface area contributed by atoms with Gasteiger partial charge in [-0.1, -0.05) is 60.7 Å². The molecule has 6 heteroatoms. The molecule has 0 fully saturated rings. The molecule has 0 atom stereocenters. The molecule has 0 aliphatic heterocycles. The lowest BCUT2D eigenvalue weighted by Gasteiger charge is -2.07. The molecule has 3 aromatic carbocycles. The van der Waals surface area contributed by atoms with Gasteiger partial charge in [0, 0.05) is 10.9 Å². The normalized spacial score (nSPS) is 11.7. The summed E-state index contributed by atoms with van der Waals surface area (Å²) in [5.41, 5.74) is 5.13. The molecule has 5 nitrogen and oxygen atoms in total. The van der Waals surface area contributed by atoms with Crippen molar-refractivity contribution in [2.24, 2.45) is 10.1 Å². The standard InChI is InChI=1S/C26H23N3O2S/c1-3-15-27-26-29(28-17-19-9-14-24(30)25(16-19)31-2)23(18-32-26)22-12-10-21(11-13-22)20-7-5-4-6-8-20/h3-14,16-18,30H,1,15H2,2H3. The molecule has 0 amide bonds. The van der Waals surface area contributed by atoms with E-state index in [-0.39, 0.29) is 5.75 Å². The molecule has 0 saturated carbocycles. The fourth-order valence-electron chi connectivity index (χ4n) is 3.22. The summed E-state index contributed by atoms with van der Waals surface area (Å²) >= 11 is 1.53. The van der Waals surface area contributed by atoms with Crippen LogP contribution < -0.4 is 9.54 Å². The van der Waals surface area contributed by atoms with Crippen LogP contribution in [0.15, 0.2) is 101 Å². The number of phenols is 1. The summed E-state index contributed by atoms with van der Waals surface area (Å²) < 4.78 is 7.02. The first kappa shape index (κ1) is 21.3. The second kappa shape index (κ2) is 9.94. The fraction of sp³-hybridized carbons (Fsp3) is 0.0769. The summed E-state index contributed by atoms with van der Waals surface area (Å²) in [4.78, 5) is 5.35. The van der Waals surface area contributed by atoms with E-state index in [9.17, 15) is 5.11 Å². The molecule has 0 radical (unpaired) electrons. The van der Waals surface area contributed by atoms with Gasteiger partial charge in [0.05, 0.1) is 25.6 Å². The maximum Gasteiger partial charge on any atom is 0.206 e. The number of nitrogens with zero attached hydrogens (tertiary/aromatic N) is 3. The Labute approximate surface area is 190 Å². The Morgan fingerprint density at radius 2 is 1.72 bits per heavy atom. The van der Waals surface area contributed by atoms with Crippen molar-refractivity contribution in [3.63, 3.8) is 0 Å². The molecular weight excluding hydrogens is 418 g/mol. The van der Waals surface area contributed by atoms with Crippen molar-refractivity contribution in [1.29, 1.82) is 0 Å². The minimum Gasteiger partial charge on any atom is -0.504 e. The smallest absolute Gasteiger partial charge is 0.206 e. The largest absolute Gasteiger partial charge is 0.504 e. The lowest BCUT2D eigenvalue weighted by atomic mass is 10.0. The monoisotopic (exact) mass is 441 g/mol. The van der Waals surface area contributed by atoms with Crippen LogP contribution in [0.1, 0.15) is 5.56 Å². The first-order valence-electron chi connectivity index (χ1n) is 10.1. The van der Waals surface area contributed by atoms with Crippen molar-refractivity contribution >= 4 is 17.6 Å². The number of thiazole rings is 1. The van der Waals surface area contributed by atoms with Gasteiger partial charge in [0.25, 0.3) is 0 Å². The Hall–Kier alpha value is -3.90. The van der Waals surface area contributed by atoms with E-state index in [1.54, 1.807) is 30.5 Å². The molecule has 32 heavy (non-hydrogen) atoms. The molecule has 0 aliphatic carbocycles. The highest BCUT2D eigenvalue weighted by molar-refractivity contribution is 7.07. The quantitative estimate of drug-likeness (QED) is 0.301. The van der Waals surface area contributed by atoms with E-state index < -0.39 is 0 Å². The summed E-state index contributed by atoms with van der Waals surface area (Å²) in [6, 6.07) is 23.8. The van der Waals surface area contributed by atoms with E-state index in [0.29, 0.717) is 12.3 Å². The van der Waals surface area contributed by atoms with Crippen molar-refractivity contribution in [2.45, 2.75) is 0 Å². The van der Waals surface area contributed by atoms with E-state index >= 15 is 0 Å². The maximum absolute atomic E-state index is 9.83. The van der Waals surface area contributed by atoms with Crippen molar-refractivity contribution < 1.29 is 9.84 Å². The van der Waals surface area contributed by atoms with Crippen LogP contribution in [0.3, 0.4) is 0 Å². The molecule has 4 rings (SSSR count). The van der Waals surface area contributed by atoms with Gasteiger partial charge in [-0.2, -0.15) is 5.10 Å². The first-order valence-corrected chi connectivity index (χ1v) is 11.0. The van der Waals surface area contributed by atoms with Gasteiger partial charge >= 0.3 is 0 Å². The number of hydrogen-bond acceptors (Lipinski definition) is 5. The van der Waals surface area contributed by atoms with Crippen molar-refractivity contribution in [2.75, 3.05) is 13.7 Å². The minimum absolute atomic E-state index is 0.0914. The Kier molecular flexibility index (Phi) is 6.63. The Morgan fingerprint density at radius 3 is 2.44 bits per heavy atom. The molecule has 0 bridgehead atoms. The molecule has 160 valence electrons. The number of ether oxygens (including phenoxy) is 1. The average molecular weight is 442 g/mol. The summed E-state index contributed by atoms with van der Waals surface area (Å²) in [5, 5.41) is 16.6. The van der Waals surface area contributed by atoms with Crippen molar-refractivity contribution in [3.05, 3.63) is 101 Å². The predicted octanol–water partition coefficient (Wildman–Crippen LogP) is 5.57. The lowest BCUT2D eigenvalue weighted by Crippen LogP contribution is -2.12. The molecule has 1 N–H and O–H groups in total. The highest BCUT2D eigenvalue weighted by atomic mass is 32.1. The molecule has 1 aromatic heterocycles. The van der Waals surface area contributed by atoms with Gasteiger partial charge in [-0.15, -0.1) is 17.9 Å². The minimum atomic E-state index is 0.0914. The van der Waals surface area contributed by atoms with E-state index in [0.717, 1.165) is 27.2 Å². The molecule has 0 aliphatic rings. The van der Waals surface area contributed by atoms with Gasteiger partial charge in [-0.05, 0) is 34.9 Å². The van der Waals surface area contributed by atoms with Gasteiger partial charge in [0.15, 0.2) is 11.5 Å². The topological polar surface area (TPSA) is 59.1 Å². The number of benzene rings is 3. The van der Waals surface area contributed by atoms with Crippen LogP contribution in [-0.4, -0.2) is 29.7 Å². The van der Waals surface area contributed by atoms with E-state index in [2.05, 4.69) is 53.1 Å². The highest BCUT2D eigenvalue weighted by Crippen LogP contribution is 2.27. The third kappa shape index (κ3) is 4.71. The zero-order valence-electron chi connectivity index (χ0n) is 17.7. The van der Waals surface area contributed by atoms with Gasteiger partial charge in [-0.25, -0.2) is 4.68 Å². The second-order valence-corrected chi connectivity index (χ2v) is 7.80. The molecular formula is C26H23N3O2S. The molecule has 4 aromatic rings. The Bertz CT molecular complexity index is 1300. The van der Waals surface area contributed by atoms with Crippen molar-refractivity contribution in [3.8, 4) is 33.9 Å². The number of phenolic OH excluding ortho intramolecular Hbond substituents is 1. The third-order valence-corrected chi connectivity index (χ3v) is 5.71. The van der Waals surface area contributed by atoms with E-state index in [1.807, 2.05) is 28.3 Å². The van der Waals surface area contributed by atoms with Crippen molar-refractivity contribution in [1.82, 2.24) is 4.68 Å². The number of aromatic hydroxyl groups is 1. The second-order valence-electron chi connectivity index (χ2n) is 6.96. The summed E-state index contributed by atoms with van der Waals surface area (Å²) in [6.45, 7) is 4.26. The zero-order valence-corrected chi connectivity index (χ0v) is 18.5. The Balaban J connectivity index is 1.72. The van der Waals surface area contributed by atoms with E-state index in [1.165, 1.54) is 24.0 Å². The van der Waals surface area contributed by atoms with Crippen LogP contribution in [0, 0.1) is 0 Å². The number of rotatable bonds is 7.